The maximum Gasteiger partial charge on any atom is 0.249 e. The number of benzene rings is 1. The standard InChI is InChI=1S/C9H19NO4.C9H12O/c1-9(2,6-12)7(13)8(14)10-4-3-5-11;1-2-10-8-9-6-4-3-5-7-9/h7,11-13H,3-6H2,1-2H3,(H,10,14);3-7H,2,8H2,1H3. The molecule has 6 heteroatoms. The van der Waals surface area contributed by atoms with Crippen molar-refractivity contribution in [2.75, 3.05) is 26.4 Å². The maximum absolute atomic E-state index is 11.3. The zero-order chi connectivity index (χ0) is 18.4. The van der Waals surface area contributed by atoms with Crippen molar-refractivity contribution in [2.24, 2.45) is 5.41 Å². The Morgan fingerprint density at radius 3 is 2.38 bits per heavy atom. The number of carbonyl (C=O) groups excluding carboxylic acids is 1. The molecule has 1 aromatic rings. The van der Waals surface area contributed by atoms with Crippen LogP contribution >= 0.6 is 0 Å². The summed E-state index contributed by atoms with van der Waals surface area (Å²) in [5.74, 6) is -0.516. The summed E-state index contributed by atoms with van der Waals surface area (Å²) >= 11 is 0. The number of aliphatic hydroxyl groups excluding tert-OH is 3. The number of aliphatic hydroxyl groups is 3. The lowest BCUT2D eigenvalue weighted by atomic mass is 9.87. The van der Waals surface area contributed by atoms with Crippen LogP contribution in [0.5, 0.6) is 0 Å². The molecule has 0 spiro atoms. The van der Waals surface area contributed by atoms with E-state index in [0.717, 1.165) is 13.2 Å². The molecule has 0 saturated heterocycles. The minimum absolute atomic E-state index is 0.000230. The van der Waals surface area contributed by atoms with Gasteiger partial charge < -0.3 is 25.4 Å². The maximum atomic E-state index is 11.3. The van der Waals surface area contributed by atoms with Gasteiger partial charge in [-0.05, 0) is 18.9 Å². The molecule has 0 heterocycles. The molecule has 1 amide bonds. The lowest BCUT2D eigenvalue weighted by molar-refractivity contribution is -0.137. The van der Waals surface area contributed by atoms with Crippen molar-refractivity contribution in [3.63, 3.8) is 0 Å². The Balaban J connectivity index is 0.000000463. The molecule has 0 aliphatic carbocycles. The summed E-state index contributed by atoms with van der Waals surface area (Å²) in [6, 6.07) is 10.2. The Morgan fingerprint density at radius 2 is 1.88 bits per heavy atom. The van der Waals surface area contributed by atoms with Gasteiger partial charge in [-0.1, -0.05) is 44.2 Å². The summed E-state index contributed by atoms with van der Waals surface area (Å²) in [6.45, 7) is 6.79. The Labute approximate surface area is 144 Å². The first-order chi connectivity index (χ1) is 11.4. The van der Waals surface area contributed by atoms with Crippen molar-refractivity contribution < 1.29 is 24.9 Å². The van der Waals surface area contributed by atoms with E-state index in [0.29, 0.717) is 13.0 Å². The Kier molecular flexibility index (Phi) is 12.1. The third kappa shape index (κ3) is 9.62. The van der Waals surface area contributed by atoms with Crippen LogP contribution in [0.1, 0.15) is 32.8 Å². The van der Waals surface area contributed by atoms with Crippen LogP contribution in [0.3, 0.4) is 0 Å². The van der Waals surface area contributed by atoms with Crippen molar-refractivity contribution in [3.05, 3.63) is 35.9 Å². The molecule has 1 atom stereocenters. The average Bonchev–Trinajstić information content (AvgIpc) is 2.60. The van der Waals surface area contributed by atoms with Crippen LogP contribution in [0.4, 0.5) is 0 Å². The molecular formula is C18H31NO5. The van der Waals surface area contributed by atoms with Gasteiger partial charge in [-0.25, -0.2) is 0 Å². The molecule has 0 radical (unpaired) electrons. The molecule has 0 fully saturated rings. The predicted octanol–water partition coefficient (Wildman–Crippen LogP) is 1.09. The first-order valence-corrected chi connectivity index (χ1v) is 8.18. The molecule has 0 aromatic heterocycles. The van der Waals surface area contributed by atoms with E-state index >= 15 is 0 Å². The Hall–Kier alpha value is -1.47. The van der Waals surface area contributed by atoms with Gasteiger partial charge in [0.1, 0.15) is 6.10 Å². The molecule has 1 unspecified atom stereocenters. The highest BCUT2D eigenvalue weighted by Crippen LogP contribution is 2.19. The van der Waals surface area contributed by atoms with Crippen LogP contribution in [0, 0.1) is 5.41 Å². The zero-order valence-electron chi connectivity index (χ0n) is 14.9. The molecule has 0 aliphatic rings. The van der Waals surface area contributed by atoms with Gasteiger partial charge in [-0.15, -0.1) is 0 Å². The first-order valence-electron chi connectivity index (χ1n) is 8.18. The van der Waals surface area contributed by atoms with E-state index in [-0.39, 0.29) is 13.2 Å². The summed E-state index contributed by atoms with van der Waals surface area (Å²) in [4.78, 5) is 11.3. The van der Waals surface area contributed by atoms with Crippen LogP contribution < -0.4 is 5.32 Å². The normalized spacial score (nSPS) is 12.1. The summed E-state index contributed by atoms with van der Waals surface area (Å²) < 4.78 is 5.22. The third-order valence-corrected chi connectivity index (χ3v) is 3.35. The van der Waals surface area contributed by atoms with Gasteiger partial charge in [0, 0.05) is 25.2 Å². The van der Waals surface area contributed by atoms with E-state index in [1.54, 1.807) is 13.8 Å². The largest absolute Gasteiger partial charge is 0.396 e. The van der Waals surface area contributed by atoms with Crippen molar-refractivity contribution in [1.29, 1.82) is 0 Å². The SMILES string of the molecule is CC(C)(CO)C(O)C(=O)NCCCO.CCOCc1ccccc1. The zero-order valence-corrected chi connectivity index (χ0v) is 14.9. The third-order valence-electron chi connectivity index (χ3n) is 3.35. The minimum atomic E-state index is -1.23. The fourth-order valence-electron chi connectivity index (χ4n) is 1.62. The molecule has 6 nitrogen and oxygen atoms in total. The van der Waals surface area contributed by atoms with Gasteiger partial charge in [0.2, 0.25) is 5.91 Å². The van der Waals surface area contributed by atoms with Crippen molar-refractivity contribution in [1.82, 2.24) is 5.32 Å². The average molecular weight is 341 g/mol. The number of hydrogen-bond acceptors (Lipinski definition) is 5. The van der Waals surface area contributed by atoms with E-state index in [4.69, 9.17) is 14.9 Å². The number of rotatable bonds is 9. The van der Waals surface area contributed by atoms with Crippen LogP contribution in [0.2, 0.25) is 0 Å². The van der Waals surface area contributed by atoms with Gasteiger partial charge in [-0.3, -0.25) is 4.79 Å². The molecule has 0 saturated carbocycles. The lowest BCUT2D eigenvalue weighted by Gasteiger charge is -2.27. The number of ether oxygens (including phenoxy) is 1. The fourth-order valence-corrected chi connectivity index (χ4v) is 1.62. The number of nitrogens with one attached hydrogen (secondary N) is 1. The van der Waals surface area contributed by atoms with E-state index in [1.807, 2.05) is 25.1 Å². The van der Waals surface area contributed by atoms with Crippen molar-refractivity contribution in [3.8, 4) is 0 Å². The highest BCUT2D eigenvalue weighted by molar-refractivity contribution is 5.81. The second kappa shape index (κ2) is 12.9. The molecule has 1 aromatic carbocycles. The van der Waals surface area contributed by atoms with Crippen LogP contribution in [0.25, 0.3) is 0 Å². The quantitative estimate of drug-likeness (QED) is 0.504. The minimum Gasteiger partial charge on any atom is -0.396 e. The molecule has 0 aliphatic heterocycles. The molecule has 1 rings (SSSR count). The van der Waals surface area contributed by atoms with Crippen LogP contribution in [-0.2, 0) is 16.1 Å². The Bertz CT molecular complexity index is 436. The van der Waals surface area contributed by atoms with Crippen LogP contribution in [0.15, 0.2) is 30.3 Å². The summed E-state index contributed by atoms with van der Waals surface area (Å²) in [6.07, 6.45) is -0.774. The van der Waals surface area contributed by atoms with Gasteiger partial charge in [0.25, 0.3) is 0 Å². The van der Waals surface area contributed by atoms with Gasteiger partial charge in [0.05, 0.1) is 13.2 Å². The smallest absolute Gasteiger partial charge is 0.249 e. The molecule has 138 valence electrons. The predicted molar refractivity (Wildman–Crippen MR) is 93.4 cm³/mol. The number of hydrogen-bond donors (Lipinski definition) is 4. The van der Waals surface area contributed by atoms with Crippen molar-refractivity contribution in [2.45, 2.75) is 39.9 Å². The summed E-state index contributed by atoms with van der Waals surface area (Å²) in [5, 5.41) is 29.3. The topological polar surface area (TPSA) is 99.0 Å². The lowest BCUT2D eigenvalue weighted by Crippen LogP contribution is -2.45. The van der Waals surface area contributed by atoms with Crippen molar-refractivity contribution >= 4 is 5.91 Å². The van der Waals surface area contributed by atoms with Gasteiger partial charge >= 0.3 is 0 Å². The molecule has 0 bridgehead atoms. The molecule has 24 heavy (non-hydrogen) atoms. The van der Waals surface area contributed by atoms with E-state index in [9.17, 15) is 9.90 Å². The molecule has 4 N–H and O–H groups in total. The summed E-state index contributed by atoms with van der Waals surface area (Å²) in [5.41, 5.74) is 0.396. The fraction of sp³-hybridized carbons (Fsp3) is 0.611. The highest BCUT2D eigenvalue weighted by Gasteiger charge is 2.32. The number of carbonyl (C=O) groups is 1. The highest BCUT2D eigenvalue weighted by atomic mass is 16.5. The van der Waals surface area contributed by atoms with E-state index in [2.05, 4.69) is 17.4 Å². The van der Waals surface area contributed by atoms with E-state index < -0.39 is 17.4 Å². The van der Waals surface area contributed by atoms with Gasteiger partial charge in [-0.2, -0.15) is 0 Å². The van der Waals surface area contributed by atoms with E-state index in [1.165, 1.54) is 5.56 Å². The monoisotopic (exact) mass is 341 g/mol. The Morgan fingerprint density at radius 1 is 1.25 bits per heavy atom. The van der Waals surface area contributed by atoms with Gasteiger partial charge in [0.15, 0.2) is 0 Å². The number of amides is 1. The molecular weight excluding hydrogens is 310 g/mol. The first kappa shape index (κ1) is 22.5. The second-order valence-electron chi connectivity index (χ2n) is 6.04. The summed E-state index contributed by atoms with van der Waals surface area (Å²) in [7, 11) is 0. The second-order valence-corrected chi connectivity index (χ2v) is 6.04. The van der Waals surface area contributed by atoms with Crippen LogP contribution in [-0.4, -0.2) is 53.7 Å².